The topological polar surface area (TPSA) is 84.4 Å². The van der Waals surface area contributed by atoms with Crippen molar-refractivity contribution in [2.24, 2.45) is 0 Å². The molecule has 2 heterocycles. The Morgan fingerprint density at radius 3 is 2.76 bits per heavy atom. The molecule has 0 bridgehead atoms. The van der Waals surface area contributed by atoms with Gasteiger partial charge in [-0.25, -0.2) is 4.98 Å². The first-order valence-electron chi connectivity index (χ1n) is 9.72. The Labute approximate surface area is 167 Å². The SMILES string of the molecule is CC1Oc2ccc(NC(=O)c3cnc4ccccc4n3)cc2CN(C2CC2)C1=O. The van der Waals surface area contributed by atoms with Gasteiger partial charge in [-0.05, 0) is 50.1 Å². The summed E-state index contributed by atoms with van der Waals surface area (Å²) in [6, 6.07) is 13.2. The molecule has 0 saturated heterocycles. The minimum atomic E-state index is -0.509. The Balaban J connectivity index is 1.40. The number of hydrogen-bond acceptors (Lipinski definition) is 5. The first-order valence-corrected chi connectivity index (χ1v) is 9.72. The molecule has 1 saturated carbocycles. The molecule has 7 heteroatoms. The van der Waals surface area contributed by atoms with E-state index in [1.54, 1.807) is 19.1 Å². The first-order chi connectivity index (χ1) is 14.1. The summed E-state index contributed by atoms with van der Waals surface area (Å²) in [6.45, 7) is 2.27. The number of anilines is 1. The summed E-state index contributed by atoms with van der Waals surface area (Å²) in [6.07, 6.45) is 3.03. The fourth-order valence-corrected chi connectivity index (χ4v) is 3.59. The largest absolute Gasteiger partial charge is 0.481 e. The molecule has 5 rings (SSSR count). The van der Waals surface area contributed by atoms with Crippen molar-refractivity contribution in [2.45, 2.75) is 38.5 Å². The van der Waals surface area contributed by atoms with Crippen LogP contribution in [-0.4, -0.2) is 38.8 Å². The van der Waals surface area contributed by atoms with Crippen LogP contribution >= 0.6 is 0 Å². The summed E-state index contributed by atoms with van der Waals surface area (Å²) in [5.41, 5.74) is 3.17. The quantitative estimate of drug-likeness (QED) is 0.745. The lowest BCUT2D eigenvalue weighted by atomic mass is 10.1. The molecule has 1 fully saturated rings. The van der Waals surface area contributed by atoms with Gasteiger partial charge in [-0.3, -0.25) is 14.6 Å². The Morgan fingerprint density at radius 1 is 1.17 bits per heavy atom. The second-order valence-corrected chi connectivity index (χ2v) is 7.48. The number of hydrogen-bond donors (Lipinski definition) is 1. The van der Waals surface area contributed by atoms with Crippen LogP contribution in [0.1, 0.15) is 35.8 Å². The first kappa shape index (κ1) is 17.6. The highest BCUT2D eigenvalue weighted by Gasteiger charge is 2.37. The standard InChI is InChI=1S/C22H20N4O3/c1-13-22(28)26(16-7-8-16)12-14-10-15(6-9-20(14)29-13)24-21(27)19-11-23-17-4-2-3-5-18(17)25-19/h2-6,9-11,13,16H,7-8,12H2,1H3,(H,24,27). The molecule has 1 N–H and O–H groups in total. The van der Waals surface area contributed by atoms with Crippen molar-refractivity contribution in [2.75, 3.05) is 5.32 Å². The van der Waals surface area contributed by atoms with E-state index in [1.165, 1.54) is 6.20 Å². The number of aromatic nitrogens is 2. The molecule has 1 aromatic heterocycles. The maximum Gasteiger partial charge on any atom is 0.275 e. The van der Waals surface area contributed by atoms with Gasteiger partial charge >= 0.3 is 0 Å². The van der Waals surface area contributed by atoms with Gasteiger partial charge in [0.05, 0.1) is 17.2 Å². The predicted octanol–water partition coefficient (Wildman–Crippen LogP) is 3.15. The van der Waals surface area contributed by atoms with Gasteiger partial charge in [0, 0.05) is 23.8 Å². The van der Waals surface area contributed by atoms with Crippen molar-refractivity contribution in [3.8, 4) is 5.75 Å². The number of rotatable bonds is 3. The molecule has 29 heavy (non-hydrogen) atoms. The van der Waals surface area contributed by atoms with Crippen molar-refractivity contribution in [1.29, 1.82) is 0 Å². The summed E-state index contributed by atoms with van der Waals surface area (Å²) in [7, 11) is 0. The third-order valence-electron chi connectivity index (χ3n) is 5.26. The maximum atomic E-state index is 12.7. The molecular weight excluding hydrogens is 368 g/mol. The second kappa shape index (κ2) is 6.84. The van der Waals surface area contributed by atoms with Crippen molar-refractivity contribution < 1.29 is 14.3 Å². The predicted molar refractivity (Wildman–Crippen MR) is 108 cm³/mol. The lowest BCUT2D eigenvalue weighted by Crippen LogP contribution is -2.39. The summed E-state index contributed by atoms with van der Waals surface area (Å²) >= 11 is 0. The van der Waals surface area contributed by atoms with E-state index in [9.17, 15) is 9.59 Å². The normalized spacial score (nSPS) is 18.7. The molecule has 1 atom stereocenters. The van der Waals surface area contributed by atoms with Gasteiger partial charge in [0.25, 0.3) is 11.8 Å². The maximum absolute atomic E-state index is 12.7. The smallest absolute Gasteiger partial charge is 0.275 e. The van der Waals surface area contributed by atoms with Crippen LogP contribution in [0.25, 0.3) is 11.0 Å². The number of para-hydroxylation sites is 2. The minimum Gasteiger partial charge on any atom is -0.481 e. The van der Waals surface area contributed by atoms with Crippen LogP contribution in [-0.2, 0) is 11.3 Å². The van der Waals surface area contributed by atoms with E-state index in [0.29, 0.717) is 29.5 Å². The number of amides is 2. The van der Waals surface area contributed by atoms with Gasteiger partial charge in [0.15, 0.2) is 6.10 Å². The van der Waals surface area contributed by atoms with Crippen LogP contribution in [0.15, 0.2) is 48.7 Å². The molecule has 2 amide bonds. The number of nitrogens with zero attached hydrogens (tertiary/aromatic N) is 3. The lowest BCUT2D eigenvalue weighted by Gasteiger charge is -2.21. The molecule has 2 aliphatic rings. The Morgan fingerprint density at radius 2 is 1.97 bits per heavy atom. The number of ether oxygens (including phenoxy) is 1. The average molecular weight is 388 g/mol. The van der Waals surface area contributed by atoms with E-state index in [-0.39, 0.29) is 17.5 Å². The van der Waals surface area contributed by atoms with Crippen molar-refractivity contribution >= 4 is 28.5 Å². The lowest BCUT2D eigenvalue weighted by molar-refractivity contribution is -0.138. The van der Waals surface area contributed by atoms with Crippen LogP contribution in [0.2, 0.25) is 0 Å². The third kappa shape index (κ3) is 3.40. The van der Waals surface area contributed by atoms with Crippen LogP contribution in [0.3, 0.4) is 0 Å². The number of carbonyl (C=O) groups is 2. The monoisotopic (exact) mass is 388 g/mol. The number of carbonyl (C=O) groups excluding carboxylic acids is 2. The summed E-state index contributed by atoms with van der Waals surface area (Å²) < 4.78 is 5.84. The highest BCUT2D eigenvalue weighted by atomic mass is 16.5. The molecule has 0 spiro atoms. The van der Waals surface area contributed by atoms with Crippen molar-refractivity contribution in [1.82, 2.24) is 14.9 Å². The zero-order valence-corrected chi connectivity index (χ0v) is 16.0. The van der Waals surface area contributed by atoms with Crippen LogP contribution < -0.4 is 10.1 Å². The number of benzene rings is 2. The Hall–Kier alpha value is -3.48. The van der Waals surface area contributed by atoms with E-state index < -0.39 is 6.10 Å². The highest BCUT2D eigenvalue weighted by Crippen LogP contribution is 2.35. The third-order valence-corrected chi connectivity index (χ3v) is 5.26. The van der Waals surface area contributed by atoms with Gasteiger partial charge in [-0.15, -0.1) is 0 Å². The van der Waals surface area contributed by atoms with Gasteiger partial charge in [0.2, 0.25) is 0 Å². The van der Waals surface area contributed by atoms with Gasteiger partial charge in [-0.1, -0.05) is 12.1 Å². The van der Waals surface area contributed by atoms with Gasteiger partial charge < -0.3 is 15.0 Å². The Bertz CT molecular complexity index is 1130. The van der Waals surface area contributed by atoms with Gasteiger partial charge in [-0.2, -0.15) is 0 Å². The average Bonchev–Trinajstić information content (AvgIpc) is 3.58. The Kier molecular flexibility index (Phi) is 4.16. The molecule has 2 aromatic carbocycles. The highest BCUT2D eigenvalue weighted by molar-refractivity contribution is 6.03. The summed E-state index contributed by atoms with van der Waals surface area (Å²) in [5, 5.41) is 2.88. The zero-order valence-electron chi connectivity index (χ0n) is 16.0. The molecule has 1 unspecified atom stereocenters. The van der Waals surface area contributed by atoms with Gasteiger partial charge in [0.1, 0.15) is 11.4 Å². The zero-order chi connectivity index (χ0) is 20.0. The van der Waals surface area contributed by atoms with Crippen LogP contribution in [0.5, 0.6) is 5.75 Å². The van der Waals surface area contributed by atoms with Crippen molar-refractivity contribution in [3.63, 3.8) is 0 Å². The van der Waals surface area contributed by atoms with E-state index in [1.807, 2.05) is 35.2 Å². The van der Waals surface area contributed by atoms with Crippen LogP contribution in [0.4, 0.5) is 5.69 Å². The molecule has 3 aromatic rings. The molecule has 7 nitrogen and oxygen atoms in total. The van der Waals surface area contributed by atoms with E-state index >= 15 is 0 Å². The molecule has 1 aliphatic carbocycles. The second-order valence-electron chi connectivity index (χ2n) is 7.48. The summed E-state index contributed by atoms with van der Waals surface area (Å²) in [4.78, 5) is 35.8. The minimum absolute atomic E-state index is 0.0146. The summed E-state index contributed by atoms with van der Waals surface area (Å²) in [5.74, 6) is 0.361. The fraction of sp³-hybridized carbons (Fsp3) is 0.273. The molecule has 0 radical (unpaired) electrons. The van der Waals surface area contributed by atoms with E-state index in [4.69, 9.17) is 4.74 Å². The van der Waals surface area contributed by atoms with E-state index in [2.05, 4.69) is 15.3 Å². The number of nitrogens with one attached hydrogen (secondary N) is 1. The molecular formula is C22H20N4O3. The van der Waals surface area contributed by atoms with Crippen molar-refractivity contribution in [3.05, 3.63) is 59.9 Å². The van der Waals surface area contributed by atoms with E-state index in [0.717, 1.165) is 23.9 Å². The number of fused-ring (bicyclic) bond motifs is 2. The molecule has 146 valence electrons. The fourth-order valence-electron chi connectivity index (χ4n) is 3.59. The molecule has 1 aliphatic heterocycles. The van der Waals surface area contributed by atoms with Crippen LogP contribution in [0, 0.1) is 0 Å².